The van der Waals surface area contributed by atoms with Crippen LogP contribution in [-0.4, -0.2) is 5.60 Å². The Hall–Kier alpha value is -1.13. The molecule has 2 heteroatoms. The third-order valence-corrected chi connectivity index (χ3v) is 4.67. The fraction of sp³-hybridized carbons (Fsp3) is 0.263. The van der Waals surface area contributed by atoms with Gasteiger partial charge in [0.1, 0.15) is 5.60 Å². The third-order valence-electron chi connectivity index (χ3n) is 3.61. The molecule has 0 spiro atoms. The van der Waals surface area contributed by atoms with Crippen molar-refractivity contribution in [1.29, 1.82) is 0 Å². The van der Waals surface area contributed by atoms with Crippen LogP contribution in [0.3, 0.4) is 0 Å². The van der Waals surface area contributed by atoms with E-state index in [9.17, 15) is 0 Å². The van der Waals surface area contributed by atoms with E-state index in [-0.39, 0.29) is 5.92 Å². The zero-order valence-corrected chi connectivity index (χ0v) is 14.6. The van der Waals surface area contributed by atoms with Gasteiger partial charge in [-0.3, -0.25) is 0 Å². The van der Waals surface area contributed by atoms with Gasteiger partial charge in [0.2, 0.25) is 0 Å². The van der Waals surface area contributed by atoms with Crippen LogP contribution in [0.4, 0.5) is 0 Å². The maximum atomic E-state index is 6.23. The van der Waals surface area contributed by atoms with E-state index in [1.54, 1.807) is 0 Å². The second-order valence-corrected chi connectivity index (χ2v) is 6.05. The van der Waals surface area contributed by atoms with Gasteiger partial charge in [-0.05, 0) is 47.1 Å². The first-order valence-corrected chi connectivity index (χ1v) is 8.07. The van der Waals surface area contributed by atoms with Gasteiger partial charge in [0.15, 0.2) is 0 Å². The number of hydrogen-bond acceptors (Lipinski definition) is 1. The molecule has 0 aromatic heterocycles. The zero-order chi connectivity index (χ0) is 15.7. The lowest BCUT2D eigenvalue weighted by Gasteiger charge is -2.35. The number of allylic oxidation sites excluding steroid dienone is 2. The van der Waals surface area contributed by atoms with Gasteiger partial charge in [-0.2, -0.15) is 0 Å². The lowest BCUT2D eigenvalue weighted by molar-refractivity contribution is -0.0248. The summed E-state index contributed by atoms with van der Waals surface area (Å²) in [6.07, 6.45) is 9.16. The molecule has 0 atom stereocenters. The smallest absolute Gasteiger partial charge is 0.108 e. The highest BCUT2D eigenvalue weighted by atomic mass is 127. The summed E-state index contributed by atoms with van der Waals surface area (Å²) in [6, 6.07) is 8.20. The summed E-state index contributed by atoms with van der Waals surface area (Å²) in [6.45, 7) is 16.1. The van der Waals surface area contributed by atoms with E-state index in [1.165, 1.54) is 9.13 Å². The van der Waals surface area contributed by atoms with Crippen molar-refractivity contribution in [3.63, 3.8) is 0 Å². The first kappa shape index (κ1) is 17.9. The molecule has 112 valence electrons. The van der Waals surface area contributed by atoms with Gasteiger partial charge >= 0.3 is 0 Å². The van der Waals surface area contributed by atoms with E-state index in [0.717, 1.165) is 12.8 Å². The predicted octanol–water partition coefficient (Wildman–Crippen LogP) is 5.69. The molecule has 0 amide bonds. The Balaban J connectivity index is 2.96. The summed E-state index contributed by atoms with van der Waals surface area (Å²) in [5, 5.41) is 0. The summed E-state index contributed by atoms with van der Waals surface area (Å²) in [7, 11) is 0. The van der Waals surface area contributed by atoms with Gasteiger partial charge in [-0.25, -0.2) is 0 Å². The largest absolute Gasteiger partial charge is 0.362 e. The molecular formula is C19H23IO. The molecule has 0 aliphatic carbocycles. The van der Waals surface area contributed by atoms with Crippen LogP contribution in [0.25, 0.3) is 0 Å². The SMILES string of the molecule is C=CCC(CC=C)C(C=C)(C=C)OCc1ccccc1I. The summed E-state index contributed by atoms with van der Waals surface area (Å²) in [4.78, 5) is 0. The van der Waals surface area contributed by atoms with Crippen LogP contribution in [0.1, 0.15) is 18.4 Å². The Morgan fingerprint density at radius 1 is 1.05 bits per heavy atom. The van der Waals surface area contributed by atoms with E-state index >= 15 is 0 Å². The van der Waals surface area contributed by atoms with Gasteiger partial charge in [-0.1, -0.05) is 55.7 Å². The first-order chi connectivity index (χ1) is 10.1. The molecule has 21 heavy (non-hydrogen) atoms. The summed E-state index contributed by atoms with van der Waals surface area (Å²) in [5.41, 5.74) is 0.600. The molecule has 1 nitrogen and oxygen atoms in total. The van der Waals surface area contributed by atoms with E-state index in [2.05, 4.69) is 61.0 Å². The van der Waals surface area contributed by atoms with Crippen LogP contribution in [0.2, 0.25) is 0 Å². The molecular weight excluding hydrogens is 371 g/mol. The predicted molar refractivity (Wildman–Crippen MR) is 100 cm³/mol. The molecule has 0 aliphatic rings. The molecule has 1 aromatic rings. The molecule has 0 N–H and O–H groups in total. The normalized spacial score (nSPS) is 11.1. The zero-order valence-electron chi connectivity index (χ0n) is 12.4. The van der Waals surface area contributed by atoms with Gasteiger partial charge in [0, 0.05) is 9.49 Å². The topological polar surface area (TPSA) is 9.23 Å². The van der Waals surface area contributed by atoms with Crippen molar-refractivity contribution in [3.8, 4) is 0 Å². The Kier molecular flexibility index (Phi) is 7.68. The molecule has 0 saturated carbocycles. The summed E-state index contributed by atoms with van der Waals surface area (Å²) in [5.74, 6) is 0.212. The highest BCUT2D eigenvalue weighted by Gasteiger charge is 2.32. The minimum atomic E-state index is -0.568. The number of hydrogen-bond donors (Lipinski definition) is 0. The summed E-state index contributed by atoms with van der Waals surface area (Å²) < 4.78 is 7.42. The number of rotatable bonds is 10. The van der Waals surface area contributed by atoms with Crippen molar-refractivity contribution in [1.82, 2.24) is 0 Å². The number of benzene rings is 1. The van der Waals surface area contributed by atoms with Crippen molar-refractivity contribution in [2.24, 2.45) is 5.92 Å². The lowest BCUT2D eigenvalue weighted by atomic mass is 9.82. The standard InChI is InChI=1S/C19H23IO/c1-5-11-17(12-6-2)19(7-3,8-4)21-15-16-13-9-10-14-18(16)20/h5-10,13-14,17H,1-4,11-12,15H2. The van der Waals surface area contributed by atoms with Crippen LogP contribution in [0.5, 0.6) is 0 Å². The number of halogens is 1. The van der Waals surface area contributed by atoms with E-state index < -0.39 is 5.60 Å². The average molecular weight is 394 g/mol. The Labute approximate surface area is 142 Å². The van der Waals surface area contributed by atoms with Gasteiger partial charge in [0.25, 0.3) is 0 Å². The average Bonchev–Trinajstić information content (AvgIpc) is 2.50. The van der Waals surface area contributed by atoms with Crippen molar-refractivity contribution < 1.29 is 4.74 Å². The second-order valence-electron chi connectivity index (χ2n) is 4.89. The minimum Gasteiger partial charge on any atom is -0.362 e. The molecule has 1 aromatic carbocycles. The van der Waals surface area contributed by atoms with E-state index in [0.29, 0.717) is 6.61 Å². The van der Waals surface area contributed by atoms with Crippen molar-refractivity contribution in [2.45, 2.75) is 25.0 Å². The van der Waals surface area contributed by atoms with E-state index in [1.807, 2.05) is 36.4 Å². The van der Waals surface area contributed by atoms with Gasteiger partial charge in [-0.15, -0.1) is 13.2 Å². The second kappa shape index (κ2) is 9.00. The molecule has 0 radical (unpaired) electrons. The quantitative estimate of drug-likeness (QED) is 0.366. The molecule has 0 heterocycles. The van der Waals surface area contributed by atoms with Gasteiger partial charge < -0.3 is 4.74 Å². The Bertz CT molecular complexity index is 486. The van der Waals surface area contributed by atoms with Crippen LogP contribution in [0.15, 0.2) is 74.9 Å². The fourth-order valence-corrected chi connectivity index (χ4v) is 2.88. The highest BCUT2D eigenvalue weighted by molar-refractivity contribution is 14.1. The Morgan fingerprint density at radius 2 is 1.62 bits per heavy atom. The molecule has 1 rings (SSSR count). The maximum absolute atomic E-state index is 6.23. The van der Waals surface area contributed by atoms with Crippen LogP contribution >= 0.6 is 22.6 Å². The van der Waals surface area contributed by atoms with Crippen molar-refractivity contribution in [2.75, 3.05) is 0 Å². The number of ether oxygens (including phenoxy) is 1. The van der Waals surface area contributed by atoms with Crippen molar-refractivity contribution in [3.05, 3.63) is 84.0 Å². The monoisotopic (exact) mass is 394 g/mol. The van der Waals surface area contributed by atoms with Gasteiger partial charge in [0.05, 0.1) is 6.61 Å². The maximum Gasteiger partial charge on any atom is 0.108 e. The fourth-order valence-electron chi connectivity index (χ4n) is 2.34. The van der Waals surface area contributed by atoms with Crippen molar-refractivity contribution >= 4 is 22.6 Å². The minimum absolute atomic E-state index is 0.212. The molecule has 0 saturated heterocycles. The summed E-state index contributed by atoms with van der Waals surface area (Å²) >= 11 is 2.32. The molecule has 0 fully saturated rings. The molecule has 0 bridgehead atoms. The third kappa shape index (κ3) is 4.68. The Morgan fingerprint density at radius 3 is 2.10 bits per heavy atom. The van der Waals surface area contributed by atoms with E-state index in [4.69, 9.17) is 4.74 Å². The van der Waals surface area contributed by atoms with Crippen LogP contribution in [0, 0.1) is 9.49 Å². The highest BCUT2D eigenvalue weighted by Crippen LogP contribution is 2.32. The van der Waals surface area contributed by atoms with Crippen LogP contribution < -0.4 is 0 Å². The molecule has 0 aliphatic heterocycles. The first-order valence-electron chi connectivity index (χ1n) is 6.99. The lowest BCUT2D eigenvalue weighted by Crippen LogP contribution is -2.36. The molecule has 0 unspecified atom stereocenters. The van der Waals surface area contributed by atoms with Crippen LogP contribution in [-0.2, 0) is 11.3 Å².